The van der Waals surface area contributed by atoms with Crippen LogP contribution >= 0.6 is 11.6 Å². The fourth-order valence-electron chi connectivity index (χ4n) is 3.67. The lowest BCUT2D eigenvalue weighted by atomic mass is 10.1. The fourth-order valence-corrected chi connectivity index (χ4v) is 3.85. The average Bonchev–Trinajstić information content (AvgIpc) is 2.94. The number of carbonyl (C=O) groups excluding carboxylic acids is 2. The van der Waals surface area contributed by atoms with Crippen molar-refractivity contribution < 1.29 is 9.59 Å². The zero-order valence-electron chi connectivity index (χ0n) is 14.6. The quantitative estimate of drug-likeness (QED) is 0.830. The third-order valence-electron chi connectivity index (χ3n) is 5.14. The van der Waals surface area contributed by atoms with Crippen LogP contribution in [-0.4, -0.2) is 65.9 Å². The molecule has 1 saturated heterocycles. The highest BCUT2D eigenvalue weighted by Gasteiger charge is 2.33. The van der Waals surface area contributed by atoms with E-state index in [0.717, 1.165) is 51.9 Å². The van der Waals surface area contributed by atoms with Gasteiger partial charge in [0.05, 0.1) is 0 Å². The number of likely N-dealkylation sites (N-methyl/N-ethyl adjacent to an activating group) is 1. The van der Waals surface area contributed by atoms with E-state index in [4.69, 9.17) is 11.6 Å². The summed E-state index contributed by atoms with van der Waals surface area (Å²) in [6.07, 6.45) is 4.95. The summed E-state index contributed by atoms with van der Waals surface area (Å²) in [5.74, 6) is 0.118. The van der Waals surface area contributed by atoms with Crippen LogP contribution in [0, 0.1) is 5.92 Å². The summed E-state index contributed by atoms with van der Waals surface area (Å²) in [4.78, 5) is 33.2. The van der Waals surface area contributed by atoms with Gasteiger partial charge in [-0.1, -0.05) is 11.6 Å². The minimum absolute atomic E-state index is 0.0229. The predicted molar refractivity (Wildman–Crippen MR) is 96.5 cm³/mol. The topological polar surface area (TPSA) is 65.5 Å². The Morgan fingerprint density at radius 2 is 2.08 bits per heavy atom. The van der Waals surface area contributed by atoms with Crippen LogP contribution in [0.5, 0.6) is 0 Å². The van der Waals surface area contributed by atoms with Crippen LogP contribution in [0.3, 0.4) is 0 Å². The van der Waals surface area contributed by atoms with Gasteiger partial charge >= 0.3 is 0 Å². The van der Waals surface area contributed by atoms with Crippen molar-refractivity contribution in [2.24, 2.45) is 5.92 Å². The molecule has 2 fully saturated rings. The molecule has 2 amide bonds. The Morgan fingerprint density at radius 3 is 2.88 bits per heavy atom. The lowest BCUT2D eigenvalue weighted by Gasteiger charge is -2.24. The summed E-state index contributed by atoms with van der Waals surface area (Å²) in [7, 11) is 2.10. The molecule has 0 bridgehead atoms. The SMILES string of the molecule is CN1CCCN(C(=O)[C@H]2CC[C@@H](NC(=O)c3ccnc(Cl)c3)C2)CC1. The third kappa shape index (κ3) is 4.70. The standard InChI is InChI=1S/C18H25ClN4O2/c1-22-7-2-8-23(10-9-22)18(25)14-3-4-15(11-14)21-17(24)13-5-6-20-16(19)12-13/h5-6,12,14-15H,2-4,7-11H2,1H3,(H,21,24)/t14-,15+/m0/s1. The molecule has 1 aromatic heterocycles. The minimum atomic E-state index is -0.154. The molecule has 2 heterocycles. The van der Waals surface area contributed by atoms with Gasteiger partial charge in [0.25, 0.3) is 5.91 Å². The summed E-state index contributed by atoms with van der Waals surface area (Å²) in [6, 6.07) is 3.25. The molecule has 2 aliphatic rings. The van der Waals surface area contributed by atoms with Gasteiger partial charge in [-0.3, -0.25) is 9.59 Å². The minimum Gasteiger partial charge on any atom is -0.349 e. The van der Waals surface area contributed by atoms with Gasteiger partial charge in [0.15, 0.2) is 0 Å². The molecule has 25 heavy (non-hydrogen) atoms. The zero-order chi connectivity index (χ0) is 17.8. The number of rotatable bonds is 3. The molecule has 0 aromatic carbocycles. The van der Waals surface area contributed by atoms with Crippen molar-refractivity contribution in [2.45, 2.75) is 31.7 Å². The van der Waals surface area contributed by atoms with Gasteiger partial charge < -0.3 is 15.1 Å². The Hall–Kier alpha value is -1.66. The summed E-state index contributed by atoms with van der Waals surface area (Å²) in [6.45, 7) is 3.62. The summed E-state index contributed by atoms with van der Waals surface area (Å²) < 4.78 is 0. The number of hydrogen-bond acceptors (Lipinski definition) is 4. The van der Waals surface area contributed by atoms with Gasteiger partial charge in [0.2, 0.25) is 5.91 Å². The second-order valence-corrected chi connectivity index (χ2v) is 7.42. The van der Waals surface area contributed by atoms with E-state index >= 15 is 0 Å². The molecule has 7 heteroatoms. The number of aromatic nitrogens is 1. The van der Waals surface area contributed by atoms with Crippen LogP contribution in [-0.2, 0) is 4.79 Å². The molecule has 6 nitrogen and oxygen atoms in total. The summed E-state index contributed by atoms with van der Waals surface area (Å²) in [5, 5.41) is 3.33. The van der Waals surface area contributed by atoms with Crippen molar-refractivity contribution >= 4 is 23.4 Å². The molecule has 1 aliphatic carbocycles. The molecule has 0 unspecified atom stereocenters. The van der Waals surface area contributed by atoms with Gasteiger partial charge in [0, 0.05) is 43.4 Å². The van der Waals surface area contributed by atoms with Crippen molar-refractivity contribution in [1.82, 2.24) is 20.1 Å². The van der Waals surface area contributed by atoms with E-state index < -0.39 is 0 Å². The van der Waals surface area contributed by atoms with E-state index in [9.17, 15) is 9.59 Å². The Kier molecular flexibility index (Phi) is 5.91. The smallest absolute Gasteiger partial charge is 0.251 e. The van der Waals surface area contributed by atoms with E-state index in [0.29, 0.717) is 10.7 Å². The molecule has 1 saturated carbocycles. The number of hydrogen-bond donors (Lipinski definition) is 1. The molecule has 0 spiro atoms. The van der Waals surface area contributed by atoms with Crippen molar-refractivity contribution in [1.29, 1.82) is 0 Å². The first kappa shape index (κ1) is 18.1. The van der Waals surface area contributed by atoms with Crippen LogP contribution in [0.4, 0.5) is 0 Å². The highest BCUT2D eigenvalue weighted by molar-refractivity contribution is 6.29. The first-order chi connectivity index (χ1) is 12.0. The second kappa shape index (κ2) is 8.15. The van der Waals surface area contributed by atoms with Crippen molar-refractivity contribution in [3.05, 3.63) is 29.0 Å². The van der Waals surface area contributed by atoms with Gasteiger partial charge in [0.1, 0.15) is 5.15 Å². The van der Waals surface area contributed by atoms with Crippen molar-refractivity contribution in [3.63, 3.8) is 0 Å². The molecule has 2 atom stereocenters. The monoisotopic (exact) mass is 364 g/mol. The molecule has 136 valence electrons. The first-order valence-electron chi connectivity index (χ1n) is 8.92. The number of amides is 2. The van der Waals surface area contributed by atoms with Gasteiger partial charge in [-0.15, -0.1) is 0 Å². The Bertz CT molecular complexity index is 639. The van der Waals surface area contributed by atoms with Gasteiger partial charge in [-0.2, -0.15) is 0 Å². The molecule has 1 aliphatic heterocycles. The maximum atomic E-state index is 12.8. The maximum absolute atomic E-state index is 12.8. The Morgan fingerprint density at radius 1 is 1.24 bits per heavy atom. The normalized spacial score (nSPS) is 24.8. The average molecular weight is 365 g/mol. The highest BCUT2D eigenvalue weighted by Crippen LogP contribution is 2.28. The molecule has 1 N–H and O–H groups in total. The number of carbonyl (C=O) groups is 2. The van der Waals surface area contributed by atoms with E-state index in [1.807, 2.05) is 4.90 Å². The number of pyridine rings is 1. The van der Waals surface area contributed by atoms with Crippen LogP contribution in [0.25, 0.3) is 0 Å². The highest BCUT2D eigenvalue weighted by atomic mass is 35.5. The fraction of sp³-hybridized carbons (Fsp3) is 0.611. The second-order valence-electron chi connectivity index (χ2n) is 7.03. The lowest BCUT2D eigenvalue weighted by molar-refractivity contribution is -0.135. The van der Waals surface area contributed by atoms with Gasteiger partial charge in [-0.05, 0) is 51.4 Å². The summed E-state index contributed by atoms with van der Waals surface area (Å²) >= 11 is 5.84. The number of halogens is 1. The van der Waals surface area contributed by atoms with E-state index in [1.165, 1.54) is 6.20 Å². The van der Waals surface area contributed by atoms with E-state index in [1.54, 1.807) is 12.1 Å². The first-order valence-corrected chi connectivity index (χ1v) is 9.30. The van der Waals surface area contributed by atoms with E-state index in [-0.39, 0.29) is 23.8 Å². The largest absolute Gasteiger partial charge is 0.349 e. The number of nitrogens with one attached hydrogen (secondary N) is 1. The van der Waals surface area contributed by atoms with Crippen molar-refractivity contribution in [3.8, 4) is 0 Å². The lowest BCUT2D eigenvalue weighted by Crippen LogP contribution is -2.39. The molecule has 3 rings (SSSR count). The Labute approximate surface area is 153 Å². The number of nitrogens with zero attached hydrogens (tertiary/aromatic N) is 3. The van der Waals surface area contributed by atoms with Crippen LogP contribution in [0.1, 0.15) is 36.0 Å². The van der Waals surface area contributed by atoms with Crippen molar-refractivity contribution in [2.75, 3.05) is 33.2 Å². The predicted octanol–water partition coefficient (Wildman–Crippen LogP) is 1.80. The molecular weight excluding hydrogens is 340 g/mol. The summed E-state index contributed by atoms with van der Waals surface area (Å²) in [5.41, 5.74) is 0.505. The maximum Gasteiger partial charge on any atom is 0.251 e. The van der Waals surface area contributed by atoms with E-state index in [2.05, 4.69) is 22.2 Å². The molecule has 1 aromatic rings. The van der Waals surface area contributed by atoms with Gasteiger partial charge in [-0.25, -0.2) is 4.98 Å². The van der Waals surface area contributed by atoms with Crippen LogP contribution in [0.2, 0.25) is 5.15 Å². The van der Waals surface area contributed by atoms with Crippen LogP contribution < -0.4 is 5.32 Å². The van der Waals surface area contributed by atoms with Crippen LogP contribution in [0.15, 0.2) is 18.3 Å². The third-order valence-corrected chi connectivity index (χ3v) is 5.34. The Balaban J connectivity index is 1.52. The molecule has 0 radical (unpaired) electrons. The molecular formula is C18H25ClN4O2. The zero-order valence-corrected chi connectivity index (χ0v) is 15.3.